The molecule has 1 unspecified atom stereocenters. The van der Waals surface area contributed by atoms with Crippen molar-refractivity contribution in [2.45, 2.75) is 26.2 Å². The minimum absolute atomic E-state index is 0.00310. The molecule has 3 nitrogen and oxygen atoms in total. The fraction of sp³-hybridized carbons (Fsp3) is 0.278. The Morgan fingerprint density at radius 3 is 2.71 bits per heavy atom. The highest BCUT2D eigenvalue weighted by Crippen LogP contribution is 2.27. The van der Waals surface area contributed by atoms with E-state index in [1.54, 1.807) is 12.1 Å². The van der Waals surface area contributed by atoms with Crippen molar-refractivity contribution in [2.75, 3.05) is 5.32 Å². The van der Waals surface area contributed by atoms with Gasteiger partial charge in [-0.25, -0.2) is 0 Å². The highest BCUT2D eigenvalue weighted by molar-refractivity contribution is 5.93. The topological polar surface area (TPSA) is 49.3 Å². The number of benzene rings is 2. The van der Waals surface area contributed by atoms with E-state index >= 15 is 0 Å². The fourth-order valence-corrected chi connectivity index (χ4v) is 2.85. The summed E-state index contributed by atoms with van der Waals surface area (Å²) < 4.78 is 0. The van der Waals surface area contributed by atoms with E-state index in [9.17, 15) is 9.90 Å². The van der Waals surface area contributed by atoms with E-state index < -0.39 is 0 Å². The van der Waals surface area contributed by atoms with Crippen LogP contribution >= 0.6 is 0 Å². The molecule has 0 saturated heterocycles. The molecule has 0 saturated carbocycles. The Morgan fingerprint density at radius 2 is 1.95 bits per heavy atom. The number of hydrogen-bond donors (Lipinski definition) is 2. The molecule has 1 aliphatic rings. The van der Waals surface area contributed by atoms with Crippen molar-refractivity contribution in [1.82, 2.24) is 0 Å². The fourth-order valence-electron chi connectivity index (χ4n) is 2.85. The molecule has 0 radical (unpaired) electrons. The van der Waals surface area contributed by atoms with E-state index in [0.29, 0.717) is 5.69 Å². The van der Waals surface area contributed by atoms with Gasteiger partial charge in [-0.2, -0.15) is 0 Å². The molecule has 0 aliphatic heterocycles. The zero-order chi connectivity index (χ0) is 14.8. The van der Waals surface area contributed by atoms with E-state index in [4.69, 9.17) is 0 Å². The van der Waals surface area contributed by atoms with Gasteiger partial charge in [0.15, 0.2) is 0 Å². The lowest BCUT2D eigenvalue weighted by Crippen LogP contribution is -2.28. The predicted molar refractivity (Wildman–Crippen MR) is 83.4 cm³/mol. The number of nitrogens with one attached hydrogen (secondary N) is 1. The molecule has 1 atom stereocenters. The van der Waals surface area contributed by atoms with Crippen LogP contribution in [0.15, 0.2) is 42.5 Å². The maximum atomic E-state index is 12.4. The lowest BCUT2D eigenvalue weighted by Gasteiger charge is -2.23. The first-order valence-electron chi connectivity index (χ1n) is 7.31. The molecule has 3 heteroatoms. The molecular weight excluding hydrogens is 262 g/mol. The maximum Gasteiger partial charge on any atom is 0.227 e. The number of phenolic OH excluding ortho intramolecular Hbond substituents is 1. The summed E-state index contributed by atoms with van der Waals surface area (Å²) >= 11 is 0. The van der Waals surface area contributed by atoms with Crippen molar-refractivity contribution in [3.8, 4) is 5.75 Å². The van der Waals surface area contributed by atoms with Gasteiger partial charge in [0, 0.05) is 17.7 Å². The van der Waals surface area contributed by atoms with Crippen LogP contribution in [0, 0.1) is 12.8 Å². The average molecular weight is 281 g/mol. The molecule has 1 aliphatic carbocycles. The van der Waals surface area contributed by atoms with Gasteiger partial charge in [-0.05, 0) is 48.9 Å². The van der Waals surface area contributed by atoms with Gasteiger partial charge in [-0.3, -0.25) is 4.79 Å². The Labute approximate surface area is 124 Å². The molecule has 0 heterocycles. The second-order valence-electron chi connectivity index (χ2n) is 5.70. The van der Waals surface area contributed by atoms with Crippen LogP contribution in [-0.2, 0) is 17.6 Å². The van der Waals surface area contributed by atoms with Gasteiger partial charge in [0.1, 0.15) is 5.75 Å². The summed E-state index contributed by atoms with van der Waals surface area (Å²) in [6.45, 7) is 1.83. The number of amides is 1. The Morgan fingerprint density at radius 1 is 1.19 bits per heavy atom. The van der Waals surface area contributed by atoms with Gasteiger partial charge in [-0.15, -0.1) is 0 Å². The van der Waals surface area contributed by atoms with Crippen LogP contribution in [0.2, 0.25) is 0 Å². The Balaban J connectivity index is 1.70. The van der Waals surface area contributed by atoms with Crippen LogP contribution in [0.25, 0.3) is 0 Å². The molecular formula is C18H19NO2. The average Bonchev–Trinajstić information content (AvgIpc) is 2.50. The summed E-state index contributed by atoms with van der Waals surface area (Å²) in [6.07, 6.45) is 2.62. The Bertz CT molecular complexity index is 679. The second-order valence-corrected chi connectivity index (χ2v) is 5.70. The van der Waals surface area contributed by atoms with Gasteiger partial charge in [0.2, 0.25) is 5.91 Å². The summed E-state index contributed by atoms with van der Waals surface area (Å²) in [4.78, 5) is 12.4. The molecule has 2 aromatic carbocycles. The lowest BCUT2D eigenvalue weighted by atomic mass is 9.83. The number of phenols is 1. The van der Waals surface area contributed by atoms with Crippen LogP contribution in [0.5, 0.6) is 5.75 Å². The minimum Gasteiger partial charge on any atom is -0.508 e. The van der Waals surface area contributed by atoms with Crippen molar-refractivity contribution in [3.05, 3.63) is 59.2 Å². The maximum absolute atomic E-state index is 12.4. The van der Waals surface area contributed by atoms with Crippen molar-refractivity contribution in [2.24, 2.45) is 5.92 Å². The van der Waals surface area contributed by atoms with Gasteiger partial charge in [0.25, 0.3) is 0 Å². The highest BCUT2D eigenvalue weighted by Gasteiger charge is 2.24. The number of carbonyl (C=O) groups excluding carboxylic acids is 1. The summed E-state index contributed by atoms with van der Waals surface area (Å²) in [7, 11) is 0. The molecule has 0 aromatic heterocycles. The first-order valence-corrected chi connectivity index (χ1v) is 7.31. The minimum atomic E-state index is 0.00310. The van der Waals surface area contributed by atoms with Crippen molar-refractivity contribution < 1.29 is 9.90 Å². The largest absolute Gasteiger partial charge is 0.508 e. The summed E-state index contributed by atoms with van der Waals surface area (Å²) in [5.74, 6) is 0.248. The monoisotopic (exact) mass is 281 g/mol. The molecule has 0 fully saturated rings. The normalized spacial score (nSPS) is 17.1. The first kappa shape index (κ1) is 13.7. The molecule has 2 aromatic rings. The van der Waals surface area contributed by atoms with Crippen molar-refractivity contribution >= 4 is 11.6 Å². The second kappa shape index (κ2) is 5.60. The Kier molecular flexibility index (Phi) is 3.65. The number of aryl methyl sites for hydroxylation is 2. The number of rotatable bonds is 2. The number of anilines is 1. The number of fused-ring (bicyclic) bond motifs is 1. The number of aromatic hydroxyl groups is 1. The third-order valence-electron chi connectivity index (χ3n) is 4.19. The molecule has 108 valence electrons. The molecule has 0 bridgehead atoms. The first-order chi connectivity index (χ1) is 10.1. The summed E-state index contributed by atoms with van der Waals surface area (Å²) in [5.41, 5.74) is 4.09. The van der Waals surface area contributed by atoms with E-state index in [0.717, 1.165) is 24.8 Å². The molecule has 0 spiro atoms. The van der Waals surface area contributed by atoms with Crippen LogP contribution in [-0.4, -0.2) is 11.0 Å². The molecule has 2 N–H and O–H groups in total. The number of carbonyl (C=O) groups is 1. The van der Waals surface area contributed by atoms with Crippen LogP contribution in [0.3, 0.4) is 0 Å². The molecule has 21 heavy (non-hydrogen) atoms. The van der Waals surface area contributed by atoms with Crippen molar-refractivity contribution in [3.63, 3.8) is 0 Å². The van der Waals surface area contributed by atoms with Gasteiger partial charge in [0.05, 0.1) is 0 Å². The third kappa shape index (κ3) is 2.92. The summed E-state index contributed by atoms with van der Waals surface area (Å²) in [5, 5.41) is 12.6. The van der Waals surface area contributed by atoms with Gasteiger partial charge in [-0.1, -0.05) is 30.3 Å². The quantitative estimate of drug-likeness (QED) is 0.886. The van der Waals surface area contributed by atoms with Gasteiger partial charge >= 0.3 is 0 Å². The predicted octanol–water partition coefficient (Wildman–Crippen LogP) is 3.44. The van der Waals surface area contributed by atoms with Crippen LogP contribution in [0.4, 0.5) is 5.69 Å². The Hall–Kier alpha value is -2.29. The molecule has 3 rings (SSSR count). The van der Waals surface area contributed by atoms with E-state index in [1.165, 1.54) is 11.1 Å². The number of hydrogen-bond acceptors (Lipinski definition) is 2. The van der Waals surface area contributed by atoms with Crippen molar-refractivity contribution in [1.29, 1.82) is 0 Å². The zero-order valence-corrected chi connectivity index (χ0v) is 12.1. The zero-order valence-electron chi connectivity index (χ0n) is 12.1. The van der Waals surface area contributed by atoms with E-state index in [-0.39, 0.29) is 17.6 Å². The standard InChI is InChI=1S/C18H19NO2/c1-12-6-9-16(11-17(12)20)19-18(21)15-8-7-13-4-2-3-5-14(13)10-15/h2-6,9,11,15,20H,7-8,10H2,1H3,(H,19,21). The smallest absolute Gasteiger partial charge is 0.227 e. The molecule has 1 amide bonds. The highest BCUT2D eigenvalue weighted by atomic mass is 16.3. The van der Waals surface area contributed by atoms with Gasteiger partial charge < -0.3 is 10.4 Å². The lowest BCUT2D eigenvalue weighted by molar-refractivity contribution is -0.120. The van der Waals surface area contributed by atoms with Crippen LogP contribution in [0.1, 0.15) is 23.1 Å². The van der Waals surface area contributed by atoms with E-state index in [1.807, 2.05) is 25.1 Å². The summed E-state index contributed by atoms with van der Waals surface area (Å²) in [6, 6.07) is 13.5. The van der Waals surface area contributed by atoms with Crippen LogP contribution < -0.4 is 5.32 Å². The van der Waals surface area contributed by atoms with E-state index in [2.05, 4.69) is 17.4 Å². The SMILES string of the molecule is Cc1ccc(NC(=O)C2CCc3ccccc3C2)cc1O. The third-order valence-corrected chi connectivity index (χ3v) is 4.19.